The van der Waals surface area contributed by atoms with Crippen LogP contribution in [0.5, 0.6) is 5.75 Å². The van der Waals surface area contributed by atoms with Crippen LogP contribution in [0.25, 0.3) is 0 Å². The van der Waals surface area contributed by atoms with E-state index in [2.05, 4.69) is 20.4 Å². The Bertz CT molecular complexity index is 538. The quantitative estimate of drug-likeness (QED) is 0.332. The fraction of sp³-hybridized carbons (Fsp3) is 0.636. The molecule has 0 N–H and O–H groups in total. The maximum Gasteiger partial charge on any atom is 0.357 e. The molecule has 0 bridgehead atoms. The van der Waals surface area contributed by atoms with Gasteiger partial charge >= 0.3 is 6.92 Å². The summed E-state index contributed by atoms with van der Waals surface area (Å²) in [4.78, 5) is 0. The van der Waals surface area contributed by atoms with E-state index >= 15 is 0 Å². The molecule has 0 unspecified atom stereocenters. The lowest BCUT2D eigenvalue weighted by Crippen LogP contribution is -2.28. The molecule has 27 heavy (non-hydrogen) atoms. The zero-order chi connectivity index (χ0) is 19.5. The lowest BCUT2D eigenvalue weighted by molar-refractivity contribution is -0.217. The van der Waals surface area contributed by atoms with Crippen LogP contribution in [0.1, 0.15) is 64.2 Å². The Morgan fingerprint density at radius 1 is 1.15 bits per heavy atom. The average molecular weight is 374 g/mol. The summed E-state index contributed by atoms with van der Waals surface area (Å²) in [6, 6.07) is 7.84. The van der Waals surface area contributed by atoms with Crippen LogP contribution < -0.4 is 4.74 Å². The maximum absolute atomic E-state index is 6.20. The molecule has 0 amide bonds. The van der Waals surface area contributed by atoms with E-state index < -0.39 is 0 Å². The minimum atomic E-state index is -0.335. The topological polar surface area (TPSA) is 36.9 Å². The highest BCUT2D eigenvalue weighted by atomic mass is 16.7. The van der Waals surface area contributed by atoms with E-state index in [1.165, 1.54) is 25.7 Å². The molecular weight excluding hydrogens is 339 g/mol. The fourth-order valence-electron chi connectivity index (χ4n) is 3.34. The molecule has 1 fully saturated rings. The molecule has 0 aromatic heterocycles. The first-order valence-corrected chi connectivity index (χ1v) is 10.4. The Labute approximate surface area is 165 Å². The van der Waals surface area contributed by atoms with Gasteiger partial charge in [0.25, 0.3) is 0 Å². The molecule has 0 saturated carbocycles. The van der Waals surface area contributed by atoms with Gasteiger partial charge in [-0.25, -0.2) is 0 Å². The summed E-state index contributed by atoms with van der Waals surface area (Å²) in [5, 5.41) is 0. The van der Waals surface area contributed by atoms with Gasteiger partial charge in [0.15, 0.2) is 6.29 Å². The summed E-state index contributed by atoms with van der Waals surface area (Å²) in [6.45, 7) is 9.58. The van der Waals surface area contributed by atoms with E-state index in [0.717, 1.165) is 42.6 Å². The monoisotopic (exact) mass is 374 g/mol. The van der Waals surface area contributed by atoms with Gasteiger partial charge in [-0.05, 0) is 31.2 Å². The van der Waals surface area contributed by atoms with Crippen LogP contribution in [0.4, 0.5) is 0 Å². The van der Waals surface area contributed by atoms with Crippen molar-refractivity contribution in [1.82, 2.24) is 0 Å². The van der Waals surface area contributed by atoms with Gasteiger partial charge in [0.1, 0.15) is 5.75 Å². The molecule has 0 radical (unpaired) electrons. The van der Waals surface area contributed by atoms with E-state index in [0.29, 0.717) is 6.61 Å². The van der Waals surface area contributed by atoms with Gasteiger partial charge in [-0.3, -0.25) is 0 Å². The van der Waals surface area contributed by atoms with Crippen molar-refractivity contribution < 1.29 is 18.9 Å². The van der Waals surface area contributed by atoms with E-state index in [4.69, 9.17) is 18.9 Å². The van der Waals surface area contributed by atoms with Crippen molar-refractivity contribution in [2.24, 2.45) is 0 Å². The highest BCUT2D eigenvalue weighted by Gasteiger charge is 2.26. The van der Waals surface area contributed by atoms with Crippen LogP contribution >= 0.6 is 0 Å². The van der Waals surface area contributed by atoms with Gasteiger partial charge in [0.2, 0.25) is 0 Å². The molecule has 1 aromatic rings. The predicted octanol–water partition coefficient (Wildman–Crippen LogP) is 6.01. The molecule has 5 heteroatoms. The van der Waals surface area contributed by atoms with Crippen molar-refractivity contribution in [1.29, 1.82) is 0 Å². The molecular formula is C22H35BO4. The van der Waals surface area contributed by atoms with Crippen molar-refractivity contribution in [3.05, 3.63) is 42.2 Å². The van der Waals surface area contributed by atoms with Gasteiger partial charge < -0.3 is 18.9 Å². The van der Waals surface area contributed by atoms with Gasteiger partial charge in [0.05, 0.1) is 25.6 Å². The SMILES string of the molecule is C=C(C[C@H]1CCO[C@@H](c2ccc(OC)cc2)O1)OB(CCCC)CCCC. The van der Waals surface area contributed by atoms with Gasteiger partial charge in [-0.15, -0.1) is 0 Å². The van der Waals surface area contributed by atoms with Crippen molar-refractivity contribution in [2.75, 3.05) is 13.7 Å². The average Bonchev–Trinajstić information content (AvgIpc) is 2.70. The van der Waals surface area contributed by atoms with Crippen molar-refractivity contribution in [2.45, 2.75) is 77.4 Å². The lowest BCUT2D eigenvalue weighted by atomic mass is 9.59. The third-order valence-electron chi connectivity index (χ3n) is 4.96. The highest BCUT2D eigenvalue weighted by molar-refractivity contribution is 6.52. The minimum absolute atomic E-state index is 0.0800. The zero-order valence-electron chi connectivity index (χ0n) is 17.2. The standard InChI is InChI=1S/C22H35BO4/c1-5-7-14-23(15-8-6-2)27-18(3)17-21-13-16-25-22(26-21)19-9-11-20(24-4)12-10-19/h9-12,21-22H,3,5-8,13-17H2,1-2,4H3/t21-,22-/m1/s1. The second-order valence-electron chi connectivity index (χ2n) is 7.29. The van der Waals surface area contributed by atoms with Gasteiger partial charge in [-0.2, -0.15) is 0 Å². The summed E-state index contributed by atoms with van der Waals surface area (Å²) in [7, 11) is 1.67. The van der Waals surface area contributed by atoms with Crippen LogP contribution in [-0.2, 0) is 14.1 Å². The maximum atomic E-state index is 6.20. The molecule has 1 aliphatic heterocycles. The summed E-state index contributed by atoms with van der Waals surface area (Å²) in [5.74, 6) is 1.67. The zero-order valence-corrected chi connectivity index (χ0v) is 17.2. The second kappa shape index (κ2) is 12.1. The Kier molecular flexibility index (Phi) is 9.78. The number of benzene rings is 1. The number of ether oxygens (including phenoxy) is 3. The van der Waals surface area contributed by atoms with E-state index in [1.807, 2.05) is 24.3 Å². The van der Waals surface area contributed by atoms with Crippen molar-refractivity contribution >= 4 is 6.92 Å². The largest absolute Gasteiger partial charge is 0.564 e. The summed E-state index contributed by atoms with van der Waals surface area (Å²) < 4.78 is 23.4. The molecule has 150 valence electrons. The number of hydrogen-bond acceptors (Lipinski definition) is 4. The third-order valence-corrected chi connectivity index (χ3v) is 4.96. The number of methoxy groups -OCH3 is 1. The Morgan fingerprint density at radius 2 is 1.81 bits per heavy atom. The third kappa shape index (κ3) is 7.59. The Balaban J connectivity index is 1.84. The number of unbranched alkanes of at least 4 members (excludes halogenated alkanes) is 2. The van der Waals surface area contributed by atoms with Crippen LogP contribution in [-0.4, -0.2) is 26.7 Å². The van der Waals surface area contributed by atoms with Crippen LogP contribution in [0.2, 0.25) is 12.6 Å². The van der Waals surface area contributed by atoms with Gasteiger partial charge in [-0.1, -0.05) is 58.2 Å². The van der Waals surface area contributed by atoms with Crippen molar-refractivity contribution in [3.63, 3.8) is 0 Å². The summed E-state index contributed by atoms with van der Waals surface area (Å²) in [5.41, 5.74) is 1.01. The van der Waals surface area contributed by atoms with Crippen LogP contribution in [0, 0.1) is 0 Å². The molecule has 2 atom stereocenters. The highest BCUT2D eigenvalue weighted by Crippen LogP contribution is 2.30. The smallest absolute Gasteiger partial charge is 0.357 e. The number of hydrogen-bond donors (Lipinski definition) is 0. The van der Waals surface area contributed by atoms with E-state index in [9.17, 15) is 0 Å². The fourth-order valence-corrected chi connectivity index (χ4v) is 3.34. The normalized spacial score (nSPS) is 19.5. The first kappa shape index (κ1) is 21.8. The van der Waals surface area contributed by atoms with E-state index in [1.54, 1.807) is 7.11 Å². The Morgan fingerprint density at radius 3 is 2.41 bits per heavy atom. The molecule has 2 rings (SSSR count). The first-order valence-electron chi connectivity index (χ1n) is 10.4. The predicted molar refractivity (Wildman–Crippen MR) is 111 cm³/mol. The minimum Gasteiger partial charge on any atom is -0.564 e. The van der Waals surface area contributed by atoms with Crippen molar-refractivity contribution in [3.8, 4) is 5.75 Å². The van der Waals surface area contributed by atoms with Gasteiger partial charge in [0, 0.05) is 12.0 Å². The first-order chi connectivity index (χ1) is 13.2. The lowest BCUT2D eigenvalue weighted by Gasteiger charge is -2.31. The second-order valence-corrected chi connectivity index (χ2v) is 7.29. The number of rotatable bonds is 12. The molecule has 1 aliphatic rings. The summed E-state index contributed by atoms with van der Waals surface area (Å²) >= 11 is 0. The van der Waals surface area contributed by atoms with Crippen LogP contribution in [0.15, 0.2) is 36.6 Å². The molecule has 1 aromatic carbocycles. The molecule has 0 spiro atoms. The van der Waals surface area contributed by atoms with Crippen LogP contribution in [0.3, 0.4) is 0 Å². The Hall–Kier alpha value is -1.46. The molecule has 0 aliphatic carbocycles. The molecule has 4 nitrogen and oxygen atoms in total. The van der Waals surface area contributed by atoms with E-state index in [-0.39, 0.29) is 19.3 Å². The molecule has 1 heterocycles. The summed E-state index contributed by atoms with van der Waals surface area (Å²) in [6.07, 6.45) is 8.36. The molecule has 1 saturated heterocycles.